The molecule has 2 aliphatic carbocycles. The van der Waals surface area contributed by atoms with Crippen molar-refractivity contribution in [2.45, 2.75) is 111 Å². The van der Waals surface area contributed by atoms with Crippen LogP contribution in [0.3, 0.4) is 0 Å². The molecule has 8 atom stereocenters. The van der Waals surface area contributed by atoms with Crippen LogP contribution in [0.4, 0.5) is 0 Å². The number of fused-ring (bicyclic) bond motifs is 1. The average molecular weight is 592 g/mol. The van der Waals surface area contributed by atoms with Gasteiger partial charge >= 0.3 is 11.9 Å². The highest BCUT2D eigenvalue weighted by Gasteiger charge is 2.43. The minimum Gasteiger partial charge on any atom is -0.481 e. The zero-order valence-corrected chi connectivity index (χ0v) is 26.0. The van der Waals surface area contributed by atoms with Crippen molar-refractivity contribution < 1.29 is 34.4 Å². The molecule has 7 N–H and O–H groups in total. The molecule has 0 bridgehead atoms. The van der Waals surface area contributed by atoms with E-state index in [0.29, 0.717) is 25.7 Å². The molecule has 0 aromatic heterocycles. The van der Waals surface area contributed by atoms with Crippen molar-refractivity contribution >= 4 is 23.7 Å². The number of carboxylic acid groups (broad SMARTS) is 1. The smallest absolute Gasteiger partial charge is 0.311 e. The monoisotopic (exact) mass is 591 g/mol. The number of nitrogens with zero attached hydrogens (tertiary/aromatic N) is 1. The largest absolute Gasteiger partial charge is 0.481 e. The van der Waals surface area contributed by atoms with Gasteiger partial charge in [-0.2, -0.15) is 0 Å². The van der Waals surface area contributed by atoms with Gasteiger partial charge in [-0.1, -0.05) is 39.0 Å². The third-order valence-corrected chi connectivity index (χ3v) is 8.96. The van der Waals surface area contributed by atoms with Gasteiger partial charge in [-0.3, -0.25) is 19.4 Å². The molecule has 0 saturated carbocycles. The second-order valence-corrected chi connectivity index (χ2v) is 13.0. The number of rotatable bonds is 17. The number of aliphatic hydroxyl groups is 2. The number of carbonyl (C=O) groups excluding carboxylic acids is 2. The molecule has 0 radical (unpaired) electrons. The number of esters is 1. The number of carbonyl (C=O) groups is 3. The Balaban J connectivity index is 1.95. The van der Waals surface area contributed by atoms with Crippen molar-refractivity contribution in [3.63, 3.8) is 0 Å². The zero-order chi connectivity index (χ0) is 31.6. The van der Waals surface area contributed by atoms with Crippen LogP contribution in [0.5, 0.6) is 0 Å². The second kappa shape index (κ2) is 16.2. The van der Waals surface area contributed by atoms with Crippen LogP contribution in [0, 0.1) is 35.0 Å². The number of hydrogen-bond donors (Lipinski definition) is 5. The lowest BCUT2D eigenvalue weighted by Crippen LogP contribution is -2.43. The van der Waals surface area contributed by atoms with Crippen molar-refractivity contribution in [1.82, 2.24) is 0 Å². The number of aliphatic hydroxyl groups excluding tert-OH is 2. The predicted molar refractivity (Wildman–Crippen MR) is 162 cm³/mol. The van der Waals surface area contributed by atoms with Gasteiger partial charge in [0.2, 0.25) is 0 Å². The van der Waals surface area contributed by atoms with E-state index < -0.39 is 29.5 Å². The Hall–Kier alpha value is -2.72. The van der Waals surface area contributed by atoms with E-state index in [1.165, 1.54) is 5.57 Å². The number of Topliss-reactive ketones (excluding diaryl/α,β-unsaturated/α-hetero) is 1. The molecule has 42 heavy (non-hydrogen) atoms. The molecule has 2 rings (SSSR count). The number of ketones is 1. The number of aliphatic carboxylic acids is 1. The Morgan fingerprint density at radius 3 is 2.43 bits per heavy atom. The fourth-order valence-corrected chi connectivity index (χ4v) is 6.04. The molecule has 0 unspecified atom stereocenters. The maximum Gasteiger partial charge on any atom is 0.311 e. The molecule has 0 heterocycles. The Bertz CT molecular complexity index is 1020. The highest BCUT2D eigenvalue weighted by atomic mass is 16.5. The Morgan fingerprint density at radius 2 is 1.81 bits per heavy atom. The summed E-state index contributed by atoms with van der Waals surface area (Å²) in [5.74, 6) is -1.87. The van der Waals surface area contributed by atoms with Gasteiger partial charge in [-0.25, -0.2) is 0 Å². The minimum absolute atomic E-state index is 0.0262. The van der Waals surface area contributed by atoms with Gasteiger partial charge in [0.25, 0.3) is 0 Å². The first-order chi connectivity index (χ1) is 19.6. The Labute approximate surface area is 250 Å². The summed E-state index contributed by atoms with van der Waals surface area (Å²) in [4.78, 5) is 40.9. The first-order valence-corrected chi connectivity index (χ1v) is 15.4. The van der Waals surface area contributed by atoms with Gasteiger partial charge in [-0.15, -0.1) is 0 Å². The van der Waals surface area contributed by atoms with Gasteiger partial charge in [0.05, 0.1) is 23.5 Å². The highest BCUT2D eigenvalue weighted by molar-refractivity contribution is 5.84. The fourth-order valence-electron chi connectivity index (χ4n) is 6.04. The summed E-state index contributed by atoms with van der Waals surface area (Å²) in [5, 5.41) is 30.8. The Morgan fingerprint density at radius 1 is 1.12 bits per heavy atom. The van der Waals surface area contributed by atoms with Crippen LogP contribution in [0.25, 0.3) is 0 Å². The lowest BCUT2D eigenvalue weighted by molar-refractivity contribution is -0.164. The van der Waals surface area contributed by atoms with E-state index in [0.717, 1.165) is 6.42 Å². The van der Waals surface area contributed by atoms with E-state index in [-0.39, 0.29) is 79.7 Å². The lowest BCUT2D eigenvalue weighted by atomic mass is 9.65. The number of nitrogens with two attached hydrogens (primary N) is 2. The summed E-state index contributed by atoms with van der Waals surface area (Å²) >= 11 is 0. The van der Waals surface area contributed by atoms with Crippen LogP contribution in [0.2, 0.25) is 0 Å². The molecular weight excluding hydrogens is 538 g/mol. The van der Waals surface area contributed by atoms with Gasteiger partial charge in [0.1, 0.15) is 11.9 Å². The topological polar surface area (TPSA) is 186 Å². The van der Waals surface area contributed by atoms with Crippen molar-refractivity contribution in [1.29, 1.82) is 0 Å². The van der Waals surface area contributed by atoms with Crippen molar-refractivity contribution in [3.8, 4) is 0 Å². The summed E-state index contributed by atoms with van der Waals surface area (Å²) < 4.78 is 6.16. The summed E-state index contributed by atoms with van der Waals surface area (Å²) in [6, 6.07) is 0. The maximum atomic E-state index is 13.0. The average Bonchev–Trinajstić information content (AvgIpc) is 2.89. The second-order valence-electron chi connectivity index (χ2n) is 13.0. The predicted octanol–water partition coefficient (Wildman–Crippen LogP) is 3.73. The van der Waals surface area contributed by atoms with Crippen LogP contribution < -0.4 is 11.5 Å². The van der Waals surface area contributed by atoms with E-state index in [9.17, 15) is 29.7 Å². The van der Waals surface area contributed by atoms with Gasteiger partial charge < -0.3 is 31.5 Å². The molecule has 10 nitrogen and oxygen atoms in total. The molecule has 0 amide bonds. The first-order valence-electron chi connectivity index (χ1n) is 15.4. The molecule has 0 spiro atoms. The van der Waals surface area contributed by atoms with Gasteiger partial charge in [0.15, 0.2) is 5.96 Å². The number of aliphatic imine (C=N–C) groups is 1. The SMILES string of the molecule is CCC(C)(C)C(=O)O[C@H]1C[C@@H](C)C=C2C=C[C@H](C)[C@H](CC[C@@H](O)C[C@@H](O)CC(=O)C[C@H](CCCN=C(N)N)C(=O)O)[C@H]21. The third kappa shape index (κ3) is 10.8. The molecule has 0 aliphatic heterocycles. The van der Waals surface area contributed by atoms with Crippen molar-refractivity contribution in [3.05, 3.63) is 23.8 Å². The number of allylic oxidation sites excluding steroid dienone is 3. The molecule has 10 heteroatoms. The summed E-state index contributed by atoms with van der Waals surface area (Å²) in [7, 11) is 0. The minimum atomic E-state index is -1.08. The maximum absolute atomic E-state index is 13.0. The van der Waals surface area contributed by atoms with Crippen LogP contribution in [0.1, 0.15) is 92.4 Å². The number of guanidine groups is 1. The first kappa shape index (κ1) is 35.5. The third-order valence-electron chi connectivity index (χ3n) is 8.96. The highest BCUT2D eigenvalue weighted by Crippen LogP contribution is 2.45. The number of carboxylic acids is 1. The Kier molecular flexibility index (Phi) is 13.7. The number of ether oxygens (including phenoxy) is 1. The molecule has 0 saturated heterocycles. The standard InChI is InChI=1S/C32H53N3O7/c1-6-32(4,5)30(41)42-27-15-19(2)14-21-10-9-20(3)26(28(21)27)12-11-23(36)17-25(38)18-24(37)16-22(29(39)40)8-7-13-35-31(33)34/h9-10,14,19-20,22-23,25-28,36,38H,6-8,11-13,15-18H2,1-5H3,(H,39,40)(H4,33,34,35)/t19-,20-,22-,23+,25+,26-,27-,28-/m0/s1. The van der Waals surface area contributed by atoms with Gasteiger partial charge in [0, 0.05) is 25.3 Å². The van der Waals surface area contributed by atoms with E-state index in [4.69, 9.17) is 16.2 Å². The van der Waals surface area contributed by atoms with Crippen LogP contribution >= 0.6 is 0 Å². The molecule has 2 aliphatic rings. The van der Waals surface area contributed by atoms with Crippen molar-refractivity contribution in [2.24, 2.45) is 51.5 Å². The molecular formula is C32H53N3O7. The van der Waals surface area contributed by atoms with Crippen LogP contribution in [0.15, 0.2) is 28.8 Å². The molecule has 0 aromatic carbocycles. The summed E-state index contributed by atoms with van der Waals surface area (Å²) in [6.45, 7) is 10.3. The fraction of sp³-hybridized carbons (Fsp3) is 0.750. The van der Waals surface area contributed by atoms with E-state index in [1.54, 1.807) is 0 Å². The summed E-state index contributed by atoms with van der Waals surface area (Å²) in [5.41, 5.74) is 11.2. The van der Waals surface area contributed by atoms with E-state index in [1.807, 2.05) is 20.8 Å². The van der Waals surface area contributed by atoms with Crippen LogP contribution in [-0.4, -0.2) is 63.9 Å². The normalized spacial score (nSPS) is 25.9. The van der Waals surface area contributed by atoms with E-state index >= 15 is 0 Å². The van der Waals surface area contributed by atoms with Crippen molar-refractivity contribution in [2.75, 3.05) is 6.54 Å². The molecule has 0 fully saturated rings. The molecule has 0 aromatic rings. The van der Waals surface area contributed by atoms with E-state index in [2.05, 4.69) is 37.1 Å². The zero-order valence-electron chi connectivity index (χ0n) is 26.0. The quantitative estimate of drug-likeness (QED) is 0.0727. The summed E-state index contributed by atoms with van der Waals surface area (Å²) in [6.07, 6.45) is 7.28. The van der Waals surface area contributed by atoms with Crippen LogP contribution in [-0.2, 0) is 19.1 Å². The lowest BCUT2D eigenvalue weighted by Gasteiger charge is -2.44. The molecule has 238 valence electrons. The van der Waals surface area contributed by atoms with Gasteiger partial charge in [-0.05, 0) is 82.1 Å². The number of hydrogen-bond acceptors (Lipinski definition) is 7.